The lowest BCUT2D eigenvalue weighted by atomic mass is 10.1. The van der Waals surface area contributed by atoms with E-state index in [1.807, 2.05) is 16.8 Å². The molecule has 8 heteroatoms. The summed E-state index contributed by atoms with van der Waals surface area (Å²) in [6, 6.07) is 1.93. The van der Waals surface area contributed by atoms with Crippen molar-refractivity contribution in [2.75, 3.05) is 20.3 Å². The Hall–Kier alpha value is -2.61. The standard InChI is InChI=1S/C18H22N2O5S/c1-5-24-18(23)16-11(2)15(12(3)19-16)17(22)25-9-14(21)20(4)8-13-6-7-26-10-13/h6-7,10,19H,5,8-9H2,1-4H3. The molecule has 0 aliphatic rings. The van der Waals surface area contributed by atoms with Crippen LogP contribution < -0.4 is 0 Å². The summed E-state index contributed by atoms with van der Waals surface area (Å²) in [5.41, 5.74) is 2.44. The van der Waals surface area contributed by atoms with Gasteiger partial charge in [0.15, 0.2) is 6.61 Å². The van der Waals surface area contributed by atoms with Crippen molar-refractivity contribution in [3.05, 3.63) is 44.9 Å². The molecule has 1 amide bonds. The summed E-state index contributed by atoms with van der Waals surface area (Å²) < 4.78 is 10.1. The summed E-state index contributed by atoms with van der Waals surface area (Å²) in [7, 11) is 1.65. The van der Waals surface area contributed by atoms with Gasteiger partial charge in [-0.3, -0.25) is 4.79 Å². The number of ether oxygens (including phenoxy) is 2. The van der Waals surface area contributed by atoms with Crippen LogP contribution >= 0.6 is 11.3 Å². The Balaban J connectivity index is 1.99. The fourth-order valence-corrected chi connectivity index (χ4v) is 3.18. The number of hydrogen-bond acceptors (Lipinski definition) is 6. The van der Waals surface area contributed by atoms with E-state index in [1.165, 1.54) is 4.90 Å². The minimum atomic E-state index is -0.649. The highest BCUT2D eigenvalue weighted by Gasteiger charge is 2.24. The normalized spacial score (nSPS) is 10.5. The number of carbonyl (C=O) groups is 3. The van der Waals surface area contributed by atoms with Crippen LogP contribution in [0.1, 0.15) is 44.6 Å². The molecule has 0 bridgehead atoms. The average Bonchev–Trinajstić information content (AvgIpc) is 3.20. The Morgan fingerprint density at radius 1 is 1.19 bits per heavy atom. The van der Waals surface area contributed by atoms with Crippen molar-refractivity contribution in [2.24, 2.45) is 0 Å². The third kappa shape index (κ3) is 4.51. The first kappa shape index (κ1) is 19.7. The van der Waals surface area contributed by atoms with Gasteiger partial charge < -0.3 is 19.4 Å². The SMILES string of the molecule is CCOC(=O)c1[nH]c(C)c(C(=O)OCC(=O)N(C)Cc2ccsc2)c1C. The molecule has 2 heterocycles. The summed E-state index contributed by atoms with van der Waals surface area (Å²) in [6.45, 7) is 5.33. The summed E-state index contributed by atoms with van der Waals surface area (Å²) in [5.74, 6) is -1.48. The van der Waals surface area contributed by atoms with E-state index in [4.69, 9.17) is 9.47 Å². The molecule has 0 aliphatic carbocycles. The molecule has 1 N–H and O–H groups in total. The first-order chi connectivity index (χ1) is 12.3. The summed E-state index contributed by atoms with van der Waals surface area (Å²) in [5, 5.41) is 3.89. The van der Waals surface area contributed by atoms with Crippen LogP contribution in [0.5, 0.6) is 0 Å². The fraction of sp³-hybridized carbons (Fsp3) is 0.389. The molecule has 0 saturated carbocycles. The zero-order valence-corrected chi connectivity index (χ0v) is 16.1. The molecule has 0 fully saturated rings. The van der Waals surface area contributed by atoms with Crippen molar-refractivity contribution in [2.45, 2.75) is 27.3 Å². The Labute approximate surface area is 155 Å². The molecule has 2 aromatic heterocycles. The molecule has 140 valence electrons. The average molecular weight is 378 g/mol. The minimum absolute atomic E-state index is 0.220. The van der Waals surface area contributed by atoms with Crippen molar-refractivity contribution in [3.63, 3.8) is 0 Å². The maximum atomic E-state index is 12.4. The molecule has 26 heavy (non-hydrogen) atoms. The van der Waals surface area contributed by atoms with Crippen molar-refractivity contribution in [3.8, 4) is 0 Å². The molecular formula is C18H22N2O5S. The van der Waals surface area contributed by atoms with Crippen LogP contribution in [0.2, 0.25) is 0 Å². The van der Waals surface area contributed by atoms with Gasteiger partial charge in [0.1, 0.15) is 5.69 Å². The van der Waals surface area contributed by atoms with Gasteiger partial charge in [-0.1, -0.05) is 0 Å². The Bertz CT molecular complexity index is 795. The predicted molar refractivity (Wildman–Crippen MR) is 97.3 cm³/mol. The third-order valence-corrected chi connectivity index (χ3v) is 4.61. The number of aromatic amines is 1. The van der Waals surface area contributed by atoms with Gasteiger partial charge in [0.25, 0.3) is 5.91 Å². The predicted octanol–water partition coefficient (Wildman–Crippen LogP) is 2.69. The van der Waals surface area contributed by atoms with E-state index in [0.717, 1.165) is 5.56 Å². The van der Waals surface area contributed by atoms with Crippen molar-refractivity contribution >= 4 is 29.2 Å². The number of likely N-dealkylation sites (N-methyl/N-ethyl adjacent to an activating group) is 1. The van der Waals surface area contributed by atoms with Crippen LogP contribution in [0.25, 0.3) is 0 Å². The number of carbonyl (C=O) groups excluding carboxylic acids is 3. The zero-order chi connectivity index (χ0) is 19.3. The molecule has 0 aromatic carbocycles. The van der Waals surface area contributed by atoms with E-state index in [-0.39, 0.29) is 30.4 Å². The fourth-order valence-electron chi connectivity index (χ4n) is 2.52. The van der Waals surface area contributed by atoms with Gasteiger partial charge in [-0.05, 0) is 48.7 Å². The van der Waals surface area contributed by atoms with Gasteiger partial charge in [-0.15, -0.1) is 0 Å². The molecule has 0 radical (unpaired) electrons. The lowest BCUT2D eigenvalue weighted by Crippen LogP contribution is -2.30. The lowest BCUT2D eigenvalue weighted by Gasteiger charge is -2.16. The molecular weight excluding hydrogens is 356 g/mol. The van der Waals surface area contributed by atoms with Crippen LogP contribution in [0.15, 0.2) is 16.8 Å². The van der Waals surface area contributed by atoms with Crippen LogP contribution in [-0.4, -0.2) is 48.0 Å². The molecule has 7 nitrogen and oxygen atoms in total. The van der Waals surface area contributed by atoms with E-state index in [9.17, 15) is 14.4 Å². The van der Waals surface area contributed by atoms with Gasteiger partial charge in [0, 0.05) is 19.3 Å². The molecule has 0 unspecified atom stereocenters. The first-order valence-electron chi connectivity index (χ1n) is 8.13. The van der Waals surface area contributed by atoms with E-state index < -0.39 is 11.9 Å². The second kappa shape index (κ2) is 8.66. The highest BCUT2D eigenvalue weighted by molar-refractivity contribution is 7.07. The topological polar surface area (TPSA) is 88.7 Å². The smallest absolute Gasteiger partial charge is 0.355 e. The number of amides is 1. The number of aryl methyl sites for hydroxylation is 1. The number of rotatable bonds is 7. The largest absolute Gasteiger partial charge is 0.461 e. The maximum Gasteiger partial charge on any atom is 0.355 e. The van der Waals surface area contributed by atoms with Crippen LogP contribution in [0, 0.1) is 13.8 Å². The number of thiophene rings is 1. The van der Waals surface area contributed by atoms with E-state index in [1.54, 1.807) is 39.2 Å². The second-order valence-electron chi connectivity index (χ2n) is 5.80. The maximum absolute atomic E-state index is 12.4. The van der Waals surface area contributed by atoms with E-state index >= 15 is 0 Å². The van der Waals surface area contributed by atoms with Crippen LogP contribution in [-0.2, 0) is 20.8 Å². The van der Waals surface area contributed by atoms with Crippen LogP contribution in [0.3, 0.4) is 0 Å². The molecule has 2 rings (SSSR count). The lowest BCUT2D eigenvalue weighted by molar-refractivity contribution is -0.133. The number of nitrogens with zero attached hydrogens (tertiary/aromatic N) is 1. The summed E-state index contributed by atoms with van der Waals surface area (Å²) in [6.07, 6.45) is 0. The molecule has 2 aromatic rings. The highest BCUT2D eigenvalue weighted by atomic mass is 32.1. The molecule has 0 atom stereocenters. The van der Waals surface area contributed by atoms with Gasteiger partial charge >= 0.3 is 11.9 Å². The number of esters is 2. The Morgan fingerprint density at radius 2 is 1.92 bits per heavy atom. The number of H-pyrrole nitrogens is 1. The van der Waals surface area contributed by atoms with Gasteiger partial charge in [0.05, 0.1) is 12.2 Å². The van der Waals surface area contributed by atoms with E-state index in [2.05, 4.69) is 4.98 Å². The summed E-state index contributed by atoms with van der Waals surface area (Å²) in [4.78, 5) is 40.7. The quantitative estimate of drug-likeness (QED) is 0.749. The first-order valence-corrected chi connectivity index (χ1v) is 9.07. The third-order valence-electron chi connectivity index (χ3n) is 3.87. The highest BCUT2D eigenvalue weighted by Crippen LogP contribution is 2.20. The summed E-state index contributed by atoms with van der Waals surface area (Å²) >= 11 is 1.56. The molecule has 0 saturated heterocycles. The number of hydrogen-bond donors (Lipinski definition) is 1. The Morgan fingerprint density at radius 3 is 2.54 bits per heavy atom. The molecule has 0 spiro atoms. The minimum Gasteiger partial charge on any atom is -0.461 e. The number of nitrogens with one attached hydrogen (secondary N) is 1. The zero-order valence-electron chi connectivity index (χ0n) is 15.3. The van der Waals surface area contributed by atoms with Gasteiger partial charge in [0.2, 0.25) is 0 Å². The second-order valence-corrected chi connectivity index (χ2v) is 6.58. The number of aromatic nitrogens is 1. The van der Waals surface area contributed by atoms with Gasteiger partial charge in [-0.2, -0.15) is 11.3 Å². The monoisotopic (exact) mass is 378 g/mol. The molecule has 0 aliphatic heterocycles. The van der Waals surface area contributed by atoms with Crippen molar-refractivity contribution in [1.29, 1.82) is 0 Å². The van der Waals surface area contributed by atoms with Crippen LogP contribution in [0.4, 0.5) is 0 Å². The van der Waals surface area contributed by atoms with Gasteiger partial charge in [-0.25, -0.2) is 9.59 Å². The van der Waals surface area contributed by atoms with Crippen molar-refractivity contribution in [1.82, 2.24) is 9.88 Å². The van der Waals surface area contributed by atoms with Crippen molar-refractivity contribution < 1.29 is 23.9 Å². The Kier molecular flexibility index (Phi) is 6.57. The van der Waals surface area contributed by atoms with E-state index in [0.29, 0.717) is 17.8 Å².